The summed E-state index contributed by atoms with van der Waals surface area (Å²) in [5.74, 6) is 0.0742. The Morgan fingerprint density at radius 3 is 2.61 bits per heavy atom. The first-order valence-electron chi connectivity index (χ1n) is 6.60. The van der Waals surface area contributed by atoms with Crippen molar-refractivity contribution < 1.29 is 4.79 Å². The molecule has 1 aromatic carbocycles. The molecule has 18 heavy (non-hydrogen) atoms. The van der Waals surface area contributed by atoms with E-state index >= 15 is 0 Å². The van der Waals surface area contributed by atoms with Crippen LogP contribution in [0.25, 0.3) is 0 Å². The van der Waals surface area contributed by atoms with Crippen molar-refractivity contribution in [3.8, 4) is 0 Å². The summed E-state index contributed by atoms with van der Waals surface area (Å²) >= 11 is 0. The highest BCUT2D eigenvalue weighted by Gasteiger charge is 2.41. The van der Waals surface area contributed by atoms with Gasteiger partial charge in [-0.2, -0.15) is 0 Å². The van der Waals surface area contributed by atoms with E-state index in [0.717, 1.165) is 12.8 Å². The van der Waals surface area contributed by atoms with Gasteiger partial charge >= 0.3 is 0 Å². The lowest BCUT2D eigenvalue weighted by atomic mass is 9.63. The maximum absolute atomic E-state index is 11.6. The molecule has 1 atom stereocenters. The number of benzene rings is 1. The highest BCUT2D eigenvalue weighted by atomic mass is 16.1. The first kappa shape index (κ1) is 13.1. The third kappa shape index (κ3) is 2.91. The second-order valence-corrected chi connectivity index (χ2v) is 5.78. The molecular formula is C15H22N2O. The van der Waals surface area contributed by atoms with Crippen molar-refractivity contribution in [1.29, 1.82) is 0 Å². The lowest BCUT2D eigenvalue weighted by Gasteiger charge is -2.46. The molecule has 0 heterocycles. The topological polar surface area (TPSA) is 55.1 Å². The van der Waals surface area contributed by atoms with Gasteiger partial charge in [-0.25, -0.2) is 0 Å². The molecule has 1 amide bonds. The lowest BCUT2D eigenvalue weighted by Crippen LogP contribution is -2.52. The van der Waals surface area contributed by atoms with E-state index in [4.69, 9.17) is 5.73 Å². The lowest BCUT2D eigenvalue weighted by molar-refractivity contribution is -0.123. The minimum Gasteiger partial charge on any atom is -0.353 e. The van der Waals surface area contributed by atoms with Crippen LogP contribution < -0.4 is 11.1 Å². The molecule has 1 aliphatic carbocycles. The number of rotatable bonds is 4. The summed E-state index contributed by atoms with van der Waals surface area (Å²) in [6.07, 6.45) is 2.45. The van der Waals surface area contributed by atoms with Gasteiger partial charge in [0.25, 0.3) is 0 Å². The maximum atomic E-state index is 11.6. The van der Waals surface area contributed by atoms with Crippen molar-refractivity contribution in [1.82, 2.24) is 5.32 Å². The van der Waals surface area contributed by atoms with Gasteiger partial charge in [-0.15, -0.1) is 0 Å². The molecule has 3 nitrogen and oxygen atoms in total. The molecule has 0 saturated heterocycles. The SMILES string of the molecule is CC(N)CC(=O)NC1CC(C)(c2ccccc2)C1. The summed E-state index contributed by atoms with van der Waals surface area (Å²) in [5, 5.41) is 3.05. The Morgan fingerprint density at radius 2 is 2.06 bits per heavy atom. The van der Waals surface area contributed by atoms with E-state index in [1.54, 1.807) is 0 Å². The standard InChI is InChI=1S/C15H22N2O/c1-11(16)8-14(18)17-13-9-15(2,10-13)12-6-4-3-5-7-12/h3-7,11,13H,8-10,16H2,1-2H3,(H,17,18). The summed E-state index contributed by atoms with van der Waals surface area (Å²) in [6, 6.07) is 10.8. The van der Waals surface area contributed by atoms with Crippen molar-refractivity contribution in [2.75, 3.05) is 0 Å². The van der Waals surface area contributed by atoms with Crippen LogP contribution in [-0.4, -0.2) is 18.0 Å². The van der Waals surface area contributed by atoms with Gasteiger partial charge in [0.15, 0.2) is 0 Å². The van der Waals surface area contributed by atoms with Gasteiger partial charge in [0.05, 0.1) is 0 Å². The van der Waals surface area contributed by atoms with Crippen LogP contribution in [0, 0.1) is 0 Å². The van der Waals surface area contributed by atoms with Crippen LogP contribution in [0.5, 0.6) is 0 Å². The van der Waals surface area contributed by atoms with Crippen LogP contribution in [0.15, 0.2) is 30.3 Å². The minimum absolute atomic E-state index is 0.0643. The molecule has 3 heteroatoms. The predicted molar refractivity (Wildman–Crippen MR) is 73.2 cm³/mol. The fourth-order valence-corrected chi connectivity index (χ4v) is 2.79. The molecule has 98 valence electrons. The van der Waals surface area contributed by atoms with E-state index in [0.29, 0.717) is 12.5 Å². The molecule has 0 spiro atoms. The second kappa shape index (κ2) is 5.11. The Bertz CT molecular complexity index is 408. The first-order chi connectivity index (χ1) is 8.49. The van der Waals surface area contributed by atoms with Crippen LogP contribution in [0.2, 0.25) is 0 Å². The smallest absolute Gasteiger partial charge is 0.221 e. The molecular weight excluding hydrogens is 224 g/mol. The van der Waals surface area contributed by atoms with Crippen LogP contribution in [0.4, 0.5) is 0 Å². The Kier molecular flexibility index (Phi) is 3.71. The van der Waals surface area contributed by atoms with Gasteiger partial charge in [0.1, 0.15) is 0 Å². The number of nitrogens with one attached hydrogen (secondary N) is 1. The molecule has 1 aromatic rings. The van der Waals surface area contributed by atoms with Crippen molar-refractivity contribution in [3.63, 3.8) is 0 Å². The fourth-order valence-electron chi connectivity index (χ4n) is 2.79. The van der Waals surface area contributed by atoms with E-state index in [1.165, 1.54) is 5.56 Å². The molecule has 1 unspecified atom stereocenters. The molecule has 0 radical (unpaired) electrons. The molecule has 3 N–H and O–H groups in total. The van der Waals surface area contributed by atoms with Crippen LogP contribution >= 0.6 is 0 Å². The third-order valence-electron chi connectivity index (χ3n) is 3.74. The first-order valence-corrected chi connectivity index (χ1v) is 6.60. The summed E-state index contributed by atoms with van der Waals surface area (Å²) in [5.41, 5.74) is 7.19. The second-order valence-electron chi connectivity index (χ2n) is 5.78. The van der Waals surface area contributed by atoms with Gasteiger partial charge in [-0.3, -0.25) is 4.79 Å². The molecule has 1 saturated carbocycles. The molecule has 2 rings (SSSR count). The summed E-state index contributed by atoms with van der Waals surface area (Å²) < 4.78 is 0. The van der Waals surface area contributed by atoms with Gasteiger partial charge in [0, 0.05) is 18.5 Å². The fraction of sp³-hybridized carbons (Fsp3) is 0.533. The summed E-state index contributed by atoms with van der Waals surface area (Å²) in [6.45, 7) is 4.12. The zero-order chi connectivity index (χ0) is 13.2. The van der Waals surface area contributed by atoms with E-state index in [9.17, 15) is 4.79 Å². The van der Waals surface area contributed by atoms with E-state index < -0.39 is 0 Å². The van der Waals surface area contributed by atoms with Crippen LogP contribution in [0.3, 0.4) is 0 Å². The molecule has 1 aliphatic rings. The Balaban J connectivity index is 1.85. The molecule has 0 aromatic heterocycles. The summed E-state index contributed by atoms with van der Waals surface area (Å²) in [4.78, 5) is 11.6. The van der Waals surface area contributed by atoms with Gasteiger partial charge in [0.2, 0.25) is 5.91 Å². The van der Waals surface area contributed by atoms with Crippen molar-refractivity contribution in [3.05, 3.63) is 35.9 Å². The van der Waals surface area contributed by atoms with Crippen LogP contribution in [-0.2, 0) is 10.2 Å². The summed E-state index contributed by atoms with van der Waals surface area (Å²) in [7, 11) is 0. The highest BCUT2D eigenvalue weighted by Crippen LogP contribution is 2.43. The predicted octanol–water partition coefficient (Wildman–Crippen LogP) is 1.96. The van der Waals surface area contributed by atoms with Crippen molar-refractivity contribution in [2.45, 2.75) is 50.6 Å². The Hall–Kier alpha value is -1.35. The largest absolute Gasteiger partial charge is 0.353 e. The number of nitrogens with two attached hydrogens (primary N) is 1. The average Bonchev–Trinajstić information content (AvgIpc) is 2.27. The average molecular weight is 246 g/mol. The number of amides is 1. The zero-order valence-electron chi connectivity index (χ0n) is 11.1. The van der Waals surface area contributed by atoms with E-state index in [2.05, 4.69) is 36.5 Å². The number of hydrogen-bond donors (Lipinski definition) is 2. The number of carbonyl (C=O) groups is 1. The van der Waals surface area contributed by atoms with Crippen molar-refractivity contribution in [2.24, 2.45) is 5.73 Å². The van der Waals surface area contributed by atoms with Gasteiger partial charge < -0.3 is 11.1 Å². The Labute approximate surface area is 109 Å². The third-order valence-corrected chi connectivity index (χ3v) is 3.74. The molecule has 1 fully saturated rings. The zero-order valence-corrected chi connectivity index (χ0v) is 11.1. The monoisotopic (exact) mass is 246 g/mol. The van der Waals surface area contributed by atoms with Crippen molar-refractivity contribution >= 4 is 5.91 Å². The van der Waals surface area contributed by atoms with Gasteiger partial charge in [-0.05, 0) is 30.7 Å². The van der Waals surface area contributed by atoms with E-state index in [1.807, 2.05) is 13.0 Å². The Morgan fingerprint density at radius 1 is 1.44 bits per heavy atom. The quantitative estimate of drug-likeness (QED) is 0.853. The minimum atomic E-state index is -0.0643. The highest BCUT2D eigenvalue weighted by molar-refractivity contribution is 5.77. The maximum Gasteiger partial charge on any atom is 0.221 e. The van der Waals surface area contributed by atoms with E-state index in [-0.39, 0.29) is 17.4 Å². The number of carbonyl (C=O) groups excluding carboxylic acids is 1. The van der Waals surface area contributed by atoms with Gasteiger partial charge in [-0.1, -0.05) is 37.3 Å². The molecule has 0 bridgehead atoms. The normalized spacial score (nSPS) is 28.3. The van der Waals surface area contributed by atoms with Crippen LogP contribution in [0.1, 0.15) is 38.7 Å². The molecule has 0 aliphatic heterocycles. The number of hydrogen-bond acceptors (Lipinski definition) is 2.